The molecule has 2 unspecified atom stereocenters. The first-order valence-electron chi connectivity index (χ1n) is 7.81. The van der Waals surface area contributed by atoms with Crippen molar-refractivity contribution < 1.29 is 4.79 Å². The van der Waals surface area contributed by atoms with Gasteiger partial charge in [-0.1, -0.05) is 54.6 Å². The van der Waals surface area contributed by atoms with Gasteiger partial charge in [-0.2, -0.15) is 0 Å². The third kappa shape index (κ3) is 3.92. The number of hydrogen-bond acceptors (Lipinski definition) is 2. The fourth-order valence-electron chi connectivity index (χ4n) is 3.17. The van der Waals surface area contributed by atoms with Gasteiger partial charge in [0.2, 0.25) is 5.91 Å². The number of fused-ring (bicyclic) bond motifs is 1. The Morgan fingerprint density at radius 2 is 1.83 bits per heavy atom. The molecule has 0 saturated heterocycles. The van der Waals surface area contributed by atoms with Gasteiger partial charge in [-0.3, -0.25) is 4.79 Å². The van der Waals surface area contributed by atoms with Crippen molar-refractivity contribution in [1.29, 1.82) is 0 Å². The number of rotatable bonds is 3. The van der Waals surface area contributed by atoms with Gasteiger partial charge in [-0.25, -0.2) is 0 Å². The summed E-state index contributed by atoms with van der Waals surface area (Å²) in [5.41, 5.74) is 9.62. The van der Waals surface area contributed by atoms with Crippen molar-refractivity contribution in [3.8, 4) is 0 Å². The summed E-state index contributed by atoms with van der Waals surface area (Å²) >= 11 is 0. The average molecular weight is 331 g/mol. The molecule has 2 aromatic carbocycles. The highest BCUT2D eigenvalue weighted by atomic mass is 35.5. The highest BCUT2D eigenvalue weighted by Gasteiger charge is 2.28. The lowest BCUT2D eigenvalue weighted by Gasteiger charge is -2.35. The molecule has 0 bridgehead atoms. The van der Waals surface area contributed by atoms with Crippen molar-refractivity contribution in [2.75, 3.05) is 6.54 Å². The van der Waals surface area contributed by atoms with Crippen molar-refractivity contribution in [2.24, 2.45) is 5.73 Å². The van der Waals surface area contributed by atoms with Gasteiger partial charge >= 0.3 is 0 Å². The van der Waals surface area contributed by atoms with Crippen LogP contribution >= 0.6 is 12.4 Å². The molecule has 0 aromatic heterocycles. The molecular weight excluding hydrogens is 308 g/mol. The van der Waals surface area contributed by atoms with E-state index in [-0.39, 0.29) is 30.3 Å². The normalized spacial score (nSPS) is 17.8. The third-order valence-corrected chi connectivity index (χ3v) is 4.25. The van der Waals surface area contributed by atoms with Crippen LogP contribution in [0.5, 0.6) is 0 Å². The highest BCUT2D eigenvalue weighted by Crippen LogP contribution is 2.33. The molecule has 1 amide bonds. The van der Waals surface area contributed by atoms with Crippen LogP contribution in [-0.4, -0.2) is 23.4 Å². The van der Waals surface area contributed by atoms with Crippen LogP contribution in [0.1, 0.15) is 36.0 Å². The molecule has 0 spiro atoms. The van der Waals surface area contributed by atoms with E-state index in [1.165, 1.54) is 16.7 Å². The van der Waals surface area contributed by atoms with E-state index >= 15 is 0 Å². The molecule has 1 aliphatic rings. The van der Waals surface area contributed by atoms with Gasteiger partial charge in [-0.05, 0) is 23.6 Å². The summed E-state index contributed by atoms with van der Waals surface area (Å²) in [6.07, 6.45) is 0.406. The van der Waals surface area contributed by atoms with Crippen molar-refractivity contribution in [1.82, 2.24) is 4.90 Å². The van der Waals surface area contributed by atoms with E-state index in [2.05, 4.69) is 42.5 Å². The largest absolute Gasteiger partial charge is 0.337 e. The Morgan fingerprint density at radius 1 is 1.17 bits per heavy atom. The smallest absolute Gasteiger partial charge is 0.224 e. The summed E-state index contributed by atoms with van der Waals surface area (Å²) in [4.78, 5) is 14.4. The summed E-state index contributed by atoms with van der Waals surface area (Å²) in [6.45, 7) is 3.29. The number of nitrogens with two attached hydrogens (primary N) is 1. The molecule has 0 aliphatic carbocycles. The minimum atomic E-state index is -0.0974. The monoisotopic (exact) mass is 330 g/mol. The third-order valence-electron chi connectivity index (χ3n) is 4.25. The first kappa shape index (κ1) is 17.5. The summed E-state index contributed by atoms with van der Waals surface area (Å²) in [5.74, 6) is 0.383. The number of amides is 1. The van der Waals surface area contributed by atoms with Crippen LogP contribution in [0.4, 0.5) is 0 Å². The Kier molecular flexibility index (Phi) is 5.80. The number of hydrogen-bond donors (Lipinski definition) is 1. The minimum Gasteiger partial charge on any atom is -0.337 e. The van der Waals surface area contributed by atoms with E-state index in [4.69, 9.17) is 5.73 Å². The maximum Gasteiger partial charge on any atom is 0.224 e. The zero-order valence-electron chi connectivity index (χ0n) is 13.3. The topological polar surface area (TPSA) is 46.3 Å². The van der Waals surface area contributed by atoms with Crippen LogP contribution in [0.25, 0.3) is 0 Å². The Labute approximate surface area is 143 Å². The van der Waals surface area contributed by atoms with Gasteiger partial charge in [0.15, 0.2) is 0 Å². The highest BCUT2D eigenvalue weighted by molar-refractivity contribution is 5.85. The second-order valence-electron chi connectivity index (χ2n) is 6.12. The van der Waals surface area contributed by atoms with E-state index in [1.807, 2.05) is 24.0 Å². The lowest BCUT2D eigenvalue weighted by molar-refractivity contribution is -0.132. The molecule has 23 heavy (non-hydrogen) atoms. The van der Waals surface area contributed by atoms with E-state index in [9.17, 15) is 4.79 Å². The molecule has 2 atom stereocenters. The molecule has 2 N–H and O–H groups in total. The molecule has 1 heterocycles. The summed E-state index contributed by atoms with van der Waals surface area (Å²) in [6, 6.07) is 18.7. The maximum atomic E-state index is 12.4. The summed E-state index contributed by atoms with van der Waals surface area (Å²) < 4.78 is 0. The molecule has 3 nitrogen and oxygen atoms in total. The van der Waals surface area contributed by atoms with Crippen molar-refractivity contribution >= 4 is 18.3 Å². The molecule has 0 fully saturated rings. The molecule has 122 valence electrons. The Hall–Kier alpha value is -1.84. The second kappa shape index (κ2) is 7.62. The molecule has 4 heteroatoms. The molecule has 2 aromatic rings. The number of carbonyl (C=O) groups is 1. The predicted octanol–water partition coefficient (Wildman–Crippen LogP) is 3.32. The van der Waals surface area contributed by atoms with Gasteiger partial charge in [0, 0.05) is 31.5 Å². The Bertz CT molecular complexity index is 657. The van der Waals surface area contributed by atoms with Gasteiger partial charge in [-0.15, -0.1) is 12.4 Å². The molecule has 3 rings (SSSR count). The Morgan fingerprint density at radius 3 is 2.52 bits per heavy atom. The summed E-state index contributed by atoms with van der Waals surface area (Å²) in [7, 11) is 0. The predicted molar refractivity (Wildman–Crippen MR) is 95.7 cm³/mol. The van der Waals surface area contributed by atoms with Crippen LogP contribution in [-0.2, 0) is 11.3 Å². The standard InChI is InChI=1S/C19H22N2O.ClH/c1-14(20)11-19(22)21-12-16-9-5-6-10-17(16)18(13-21)15-7-3-2-4-8-15;/h2-10,14,18H,11-13,20H2,1H3;1H. The van der Waals surface area contributed by atoms with E-state index < -0.39 is 0 Å². The number of benzene rings is 2. The second-order valence-corrected chi connectivity index (χ2v) is 6.12. The van der Waals surface area contributed by atoms with Crippen LogP contribution in [0.15, 0.2) is 54.6 Å². The molecule has 0 saturated carbocycles. The van der Waals surface area contributed by atoms with Crippen LogP contribution in [0.3, 0.4) is 0 Å². The quantitative estimate of drug-likeness (QED) is 0.938. The van der Waals surface area contributed by atoms with Crippen molar-refractivity contribution in [3.05, 3.63) is 71.3 Å². The van der Waals surface area contributed by atoms with Gasteiger partial charge < -0.3 is 10.6 Å². The minimum absolute atomic E-state index is 0. The van der Waals surface area contributed by atoms with Gasteiger partial charge in [0.25, 0.3) is 0 Å². The van der Waals surface area contributed by atoms with Crippen LogP contribution in [0.2, 0.25) is 0 Å². The number of halogens is 1. The van der Waals surface area contributed by atoms with Crippen molar-refractivity contribution in [2.45, 2.75) is 31.8 Å². The molecular formula is C19H23ClN2O. The number of nitrogens with zero attached hydrogens (tertiary/aromatic N) is 1. The lowest BCUT2D eigenvalue weighted by atomic mass is 9.84. The fraction of sp³-hybridized carbons (Fsp3) is 0.316. The van der Waals surface area contributed by atoms with Crippen molar-refractivity contribution in [3.63, 3.8) is 0 Å². The molecule has 0 radical (unpaired) electrons. The van der Waals surface area contributed by atoms with E-state index in [0.717, 1.165) is 6.54 Å². The maximum absolute atomic E-state index is 12.4. The number of carbonyl (C=O) groups excluding carboxylic acids is 1. The average Bonchev–Trinajstić information content (AvgIpc) is 2.54. The SMILES string of the molecule is CC(N)CC(=O)N1Cc2ccccc2C(c2ccccc2)C1.Cl. The van der Waals surface area contributed by atoms with E-state index in [0.29, 0.717) is 13.0 Å². The van der Waals surface area contributed by atoms with Crippen LogP contribution in [0, 0.1) is 0 Å². The zero-order valence-corrected chi connectivity index (χ0v) is 14.1. The van der Waals surface area contributed by atoms with Gasteiger partial charge in [0.1, 0.15) is 0 Å². The zero-order chi connectivity index (χ0) is 15.5. The Balaban J connectivity index is 0.00000192. The van der Waals surface area contributed by atoms with E-state index in [1.54, 1.807) is 0 Å². The molecule has 1 aliphatic heterocycles. The fourth-order valence-corrected chi connectivity index (χ4v) is 3.17. The first-order valence-corrected chi connectivity index (χ1v) is 7.81. The summed E-state index contributed by atoms with van der Waals surface area (Å²) in [5, 5.41) is 0. The van der Waals surface area contributed by atoms with Gasteiger partial charge in [0.05, 0.1) is 0 Å². The van der Waals surface area contributed by atoms with Crippen LogP contribution < -0.4 is 5.73 Å². The lowest BCUT2D eigenvalue weighted by Crippen LogP contribution is -2.40. The first-order chi connectivity index (χ1) is 10.6.